The van der Waals surface area contributed by atoms with Gasteiger partial charge in [0, 0.05) is 18.5 Å². The summed E-state index contributed by atoms with van der Waals surface area (Å²) >= 11 is 0. The molecule has 2 N–H and O–H groups in total. The van der Waals surface area contributed by atoms with Gasteiger partial charge in [0.25, 0.3) is 0 Å². The SMILES string of the molecule is CCN(CC(=O)O)C(=O)C1CCNC(C)C1. The van der Waals surface area contributed by atoms with Gasteiger partial charge in [0.1, 0.15) is 6.54 Å². The van der Waals surface area contributed by atoms with Gasteiger partial charge in [0.05, 0.1) is 0 Å². The Labute approximate surface area is 95.8 Å². The Bertz CT molecular complexity index is 268. The summed E-state index contributed by atoms with van der Waals surface area (Å²) in [6.45, 7) is 4.97. The smallest absolute Gasteiger partial charge is 0.323 e. The van der Waals surface area contributed by atoms with E-state index in [2.05, 4.69) is 5.32 Å². The fourth-order valence-electron chi connectivity index (χ4n) is 2.12. The first-order valence-electron chi connectivity index (χ1n) is 5.78. The number of carboxylic acids is 1. The van der Waals surface area contributed by atoms with E-state index in [0.29, 0.717) is 12.6 Å². The molecule has 5 heteroatoms. The van der Waals surface area contributed by atoms with Gasteiger partial charge in [-0.25, -0.2) is 0 Å². The summed E-state index contributed by atoms with van der Waals surface area (Å²) in [6.07, 6.45) is 1.61. The number of aliphatic carboxylic acids is 1. The molecule has 0 bridgehead atoms. The largest absolute Gasteiger partial charge is 0.480 e. The Morgan fingerprint density at radius 3 is 2.69 bits per heavy atom. The summed E-state index contributed by atoms with van der Waals surface area (Å²) in [5.41, 5.74) is 0. The molecule has 0 saturated carbocycles. The number of hydrogen-bond acceptors (Lipinski definition) is 3. The van der Waals surface area contributed by atoms with Crippen LogP contribution in [0.2, 0.25) is 0 Å². The molecule has 2 unspecified atom stereocenters. The minimum Gasteiger partial charge on any atom is -0.480 e. The summed E-state index contributed by atoms with van der Waals surface area (Å²) in [6, 6.07) is 0.339. The maximum Gasteiger partial charge on any atom is 0.323 e. The van der Waals surface area contributed by atoms with Gasteiger partial charge in [-0.15, -0.1) is 0 Å². The normalized spacial score (nSPS) is 25.1. The third-order valence-electron chi connectivity index (χ3n) is 2.99. The Kier molecular flexibility index (Phi) is 4.73. The number of carbonyl (C=O) groups is 2. The van der Waals surface area contributed by atoms with Crippen molar-refractivity contribution in [2.75, 3.05) is 19.6 Å². The molecule has 1 amide bonds. The fourth-order valence-corrected chi connectivity index (χ4v) is 2.12. The second-order valence-corrected chi connectivity index (χ2v) is 4.32. The quantitative estimate of drug-likeness (QED) is 0.726. The summed E-state index contributed by atoms with van der Waals surface area (Å²) < 4.78 is 0. The second kappa shape index (κ2) is 5.84. The predicted octanol–water partition coefficient (Wildman–Crippen LogP) is 0.308. The lowest BCUT2D eigenvalue weighted by molar-refractivity contribution is -0.146. The molecule has 1 rings (SSSR count). The topological polar surface area (TPSA) is 69.6 Å². The number of hydrogen-bond donors (Lipinski definition) is 2. The van der Waals surface area contributed by atoms with Crippen LogP contribution in [0.15, 0.2) is 0 Å². The highest BCUT2D eigenvalue weighted by Crippen LogP contribution is 2.18. The van der Waals surface area contributed by atoms with Gasteiger partial charge in [0.2, 0.25) is 5.91 Å². The molecule has 0 spiro atoms. The van der Waals surface area contributed by atoms with E-state index in [-0.39, 0.29) is 18.4 Å². The van der Waals surface area contributed by atoms with Crippen LogP contribution in [-0.4, -0.2) is 47.6 Å². The zero-order chi connectivity index (χ0) is 12.1. The number of nitrogens with zero attached hydrogens (tertiary/aromatic N) is 1. The average Bonchev–Trinajstić information content (AvgIpc) is 2.24. The van der Waals surface area contributed by atoms with E-state index >= 15 is 0 Å². The molecule has 0 aromatic heterocycles. The van der Waals surface area contributed by atoms with Gasteiger partial charge < -0.3 is 15.3 Å². The third kappa shape index (κ3) is 3.48. The number of piperidine rings is 1. The summed E-state index contributed by atoms with van der Waals surface area (Å²) in [4.78, 5) is 24.1. The van der Waals surface area contributed by atoms with Crippen LogP contribution in [-0.2, 0) is 9.59 Å². The Hall–Kier alpha value is -1.10. The number of rotatable bonds is 4. The van der Waals surface area contributed by atoms with E-state index in [9.17, 15) is 9.59 Å². The maximum atomic E-state index is 12.0. The standard InChI is InChI=1S/C11H20N2O3/c1-3-13(7-10(14)15)11(16)9-4-5-12-8(2)6-9/h8-9,12H,3-7H2,1-2H3,(H,14,15). The lowest BCUT2D eigenvalue weighted by atomic mass is 9.92. The van der Waals surface area contributed by atoms with Crippen LogP contribution in [0.4, 0.5) is 0 Å². The van der Waals surface area contributed by atoms with Crippen LogP contribution in [0.25, 0.3) is 0 Å². The first-order chi connectivity index (χ1) is 7.54. The lowest BCUT2D eigenvalue weighted by Gasteiger charge is -2.30. The van der Waals surface area contributed by atoms with Crippen molar-refractivity contribution in [1.29, 1.82) is 0 Å². The highest BCUT2D eigenvalue weighted by Gasteiger charge is 2.28. The van der Waals surface area contributed by atoms with Crippen molar-refractivity contribution in [3.05, 3.63) is 0 Å². The van der Waals surface area contributed by atoms with Gasteiger partial charge in [0.15, 0.2) is 0 Å². The Morgan fingerprint density at radius 2 is 2.19 bits per heavy atom. The predicted molar refractivity (Wildman–Crippen MR) is 60.1 cm³/mol. The molecular formula is C11H20N2O3. The lowest BCUT2D eigenvalue weighted by Crippen LogP contribution is -2.45. The van der Waals surface area contributed by atoms with E-state index in [0.717, 1.165) is 19.4 Å². The van der Waals surface area contributed by atoms with Gasteiger partial charge >= 0.3 is 5.97 Å². The maximum absolute atomic E-state index is 12.0. The van der Waals surface area contributed by atoms with Crippen molar-refractivity contribution < 1.29 is 14.7 Å². The molecule has 1 saturated heterocycles. The Morgan fingerprint density at radius 1 is 1.50 bits per heavy atom. The zero-order valence-corrected chi connectivity index (χ0v) is 9.90. The number of carboxylic acid groups (broad SMARTS) is 1. The van der Waals surface area contributed by atoms with Gasteiger partial charge in [-0.3, -0.25) is 9.59 Å². The third-order valence-corrected chi connectivity index (χ3v) is 2.99. The first-order valence-corrected chi connectivity index (χ1v) is 5.78. The molecule has 5 nitrogen and oxygen atoms in total. The van der Waals surface area contributed by atoms with Crippen LogP contribution in [0.5, 0.6) is 0 Å². The molecule has 1 aliphatic heterocycles. The van der Waals surface area contributed by atoms with Gasteiger partial charge in [-0.05, 0) is 33.2 Å². The minimum atomic E-state index is -0.947. The van der Waals surface area contributed by atoms with Crippen molar-refractivity contribution in [1.82, 2.24) is 10.2 Å². The molecular weight excluding hydrogens is 208 g/mol. The summed E-state index contributed by atoms with van der Waals surface area (Å²) in [5, 5.41) is 12.0. The summed E-state index contributed by atoms with van der Waals surface area (Å²) in [7, 11) is 0. The average molecular weight is 228 g/mol. The molecule has 0 aliphatic carbocycles. The van der Waals surface area contributed by atoms with Gasteiger partial charge in [-0.1, -0.05) is 0 Å². The number of nitrogens with one attached hydrogen (secondary N) is 1. The second-order valence-electron chi connectivity index (χ2n) is 4.32. The zero-order valence-electron chi connectivity index (χ0n) is 9.90. The molecule has 1 fully saturated rings. The number of likely N-dealkylation sites (N-methyl/N-ethyl adjacent to an activating group) is 1. The molecule has 0 radical (unpaired) electrons. The molecule has 1 heterocycles. The van der Waals surface area contributed by atoms with Crippen LogP contribution in [0.1, 0.15) is 26.7 Å². The Balaban J connectivity index is 2.56. The van der Waals surface area contributed by atoms with Crippen LogP contribution >= 0.6 is 0 Å². The monoisotopic (exact) mass is 228 g/mol. The van der Waals surface area contributed by atoms with Crippen molar-refractivity contribution in [2.45, 2.75) is 32.7 Å². The van der Waals surface area contributed by atoms with E-state index < -0.39 is 5.97 Å². The molecule has 1 aliphatic rings. The number of amides is 1. The minimum absolute atomic E-state index is 0.0155. The van der Waals surface area contributed by atoms with Crippen molar-refractivity contribution in [3.63, 3.8) is 0 Å². The summed E-state index contributed by atoms with van der Waals surface area (Å²) in [5.74, 6) is -0.981. The van der Waals surface area contributed by atoms with Crippen molar-refractivity contribution in [2.24, 2.45) is 5.92 Å². The fraction of sp³-hybridized carbons (Fsp3) is 0.818. The molecule has 92 valence electrons. The first kappa shape index (κ1) is 13.0. The van der Waals surface area contributed by atoms with Crippen LogP contribution in [0, 0.1) is 5.92 Å². The molecule has 0 aromatic carbocycles. The highest BCUT2D eigenvalue weighted by atomic mass is 16.4. The van der Waals surface area contributed by atoms with Crippen molar-refractivity contribution >= 4 is 11.9 Å². The van der Waals surface area contributed by atoms with E-state index in [1.807, 2.05) is 13.8 Å². The number of carbonyl (C=O) groups excluding carboxylic acids is 1. The van der Waals surface area contributed by atoms with Crippen molar-refractivity contribution in [3.8, 4) is 0 Å². The molecule has 0 aromatic rings. The van der Waals surface area contributed by atoms with E-state index in [4.69, 9.17) is 5.11 Å². The van der Waals surface area contributed by atoms with Crippen LogP contribution in [0.3, 0.4) is 0 Å². The molecule has 2 atom stereocenters. The van der Waals surface area contributed by atoms with Gasteiger partial charge in [-0.2, -0.15) is 0 Å². The highest BCUT2D eigenvalue weighted by molar-refractivity contribution is 5.83. The van der Waals surface area contributed by atoms with Crippen LogP contribution < -0.4 is 5.32 Å². The molecule has 16 heavy (non-hydrogen) atoms. The van der Waals surface area contributed by atoms with E-state index in [1.165, 1.54) is 4.90 Å². The van der Waals surface area contributed by atoms with E-state index in [1.54, 1.807) is 0 Å².